The lowest BCUT2D eigenvalue weighted by Gasteiger charge is -2.11. The van der Waals surface area contributed by atoms with Gasteiger partial charge in [-0.3, -0.25) is 0 Å². The van der Waals surface area contributed by atoms with Crippen LogP contribution >= 0.6 is 0 Å². The molecule has 0 aliphatic heterocycles. The highest BCUT2D eigenvalue weighted by atomic mass is 32.2. The van der Waals surface area contributed by atoms with Crippen LogP contribution in [0.2, 0.25) is 0 Å². The number of esters is 1. The molecule has 0 aliphatic carbocycles. The number of sulfone groups is 1. The summed E-state index contributed by atoms with van der Waals surface area (Å²) in [6.07, 6.45) is 1.46. The molecule has 0 atom stereocenters. The lowest BCUT2D eigenvalue weighted by atomic mass is 10.1. The Morgan fingerprint density at radius 2 is 1.60 bits per heavy atom. The number of benzene rings is 2. The molecule has 2 aromatic rings. The summed E-state index contributed by atoms with van der Waals surface area (Å²) >= 11 is 0. The highest BCUT2D eigenvalue weighted by Gasteiger charge is 2.23. The van der Waals surface area contributed by atoms with Gasteiger partial charge in [0.2, 0.25) is 9.84 Å². The van der Waals surface area contributed by atoms with Crippen LogP contribution in [0.4, 0.5) is 0 Å². The third-order valence-corrected chi connectivity index (χ3v) is 5.32. The molecule has 2 rings (SSSR count). The van der Waals surface area contributed by atoms with Gasteiger partial charge in [0.15, 0.2) is 0 Å². The minimum absolute atomic E-state index is 0.1000. The van der Waals surface area contributed by atoms with E-state index in [1.165, 1.54) is 12.1 Å². The minimum Gasteiger partial charge on any atom is -0.463 e. The number of hydrogen-bond donors (Lipinski definition) is 0. The highest BCUT2D eigenvalue weighted by molar-refractivity contribution is 7.95. The molecule has 0 saturated heterocycles. The van der Waals surface area contributed by atoms with Crippen LogP contribution < -0.4 is 0 Å². The van der Waals surface area contributed by atoms with E-state index in [2.05, 4.69) is 6.58 Å². The van der Waals surface area contributed by atoms with E-state index in [0.29, 0.717) is 0 Å². The lowest BCUT2D eigenvalue weighted by molar-refractivity contribution is -0.138. The van der Waals surface area contributed by atoms with E-state index in [1.807, 2.05) is 18.2 Å². The van der Waals surface area contributed by atoms with Gasteiger partial charge in [0.05, 0.1) is 16.4 Å². The maximum Gasteiger partial charge on any atom is 0.333 e. The van der Waals surface area contributed by atoms with Crippen LogP contribution in [0.15, 0.2) is 82.6 Å². The normalized spacial score (nSPS) is 11.8. The predicted molar refractivity (Wildman–Crippen MR) is 98.4 cm³/mol. The van der Waals surface area contributed by atoms with Gasteiger partial charge < -0.3 is 4.74 Å². The Kier molecular flexibility index (Phi) is 6.31. The standard InChI is InChI=1S/C20H20O4S/c1-3-24-20(21)16(2)14-19(15-17-10-6-4-7-11-17)25(22,23)18-12-8-5-9-13-18/h4-13,15H,2-3,14H2,1H3/b19-15-. The molecule has 4 nitrogen and oxygen atoms in total. The molecule has 2 aromatic carbocycles. The summed E-state index contributed by atoms with van der Waals surface area (Å²) in [5.74, 6) is -0.593. The average Bonchev–Trinajstić information content (AvgIpc) is 2.63. The first-order chi connectivity index (χ1) is 11.9. The van der Waals surface area contributed by atoms with Crippen molar-refractivity contribution >= 4 is 21.9 Å². The van der Waals surface area contributed by atoms with E-state index in [1.54, 1.807) is 43.3 Å². The fraction of sp³-hybridized carbons (Fsp3) is 0.150. The topological polar surface area (TPSA) is 60.4 Å². The molecule has 0 bridgehead atoms. The summed E-state index contributed by atoms with van der Waals surface area (Å²) in [5.41, 5.74) is 0.831. The Balaban J connectivity index is 2.45. The Morgan fingerprint density at radius 3 is 2.16 bits per heavy atom. The number of carbonyl (C=O) groups is 1. The van der Waals surface area contributed by atoms with Gasteiger partial charge in [-0.2, -0.15) is 0 Å². The summed E-state index contributed by atoms with van der Waals surface area (Å²) in [6, 6.07) is 17.2. The summed E-state index contributed by atoms with van der Waals surface area (Å²) in [7, 11) is -3.75. The van der Waals surface area contributed by atoms with Crippen molar-refractivity contribution in [2.75, 3.05) is 6.61 Å². The number of hydrogen-bond acceptors (Lipinski definition) is 4. The van der Waals surface area contributed by atoms with Gasteiger partial charge in [-0.1, -0.05) is 55.1 Å². The second-order valence-electron chi connectivity index (χ2n) is 5.34. The fourth-order valence-electron chi connectivity index (χ4n) is 2.23. The van der Waals surface area contributed by atoms with Crippen LogP contribution in [-0.2, 0) is 19.4 Å². The SMILES string of the molecule is C=C(C/C(=C/c1ccccc1)S(=O)(=O)c1ccccc1)C(=O)OCC. The van der Waals surface area contributed by atoms with Crippen LogP contribution in [0, 0.1) is 0 Å². The molecular formula is C20H20O4S. The zero-order valence-electron chi connectivity index (χ0n) is 14.0. The van der Waals surface area contributed by atoms with E-state index in [-0.39, 0.29) is 28.4 Å². The molecule has 0 radical (unpaired) electrons. The third-order valence-electron chi connectivity index (χ3n) is 3.48. The predicted octanol–water partition coefficient (Wildman–Crippen LogP) is 4.01. The molecule has 0 aliphatic rings. The quantitative estimate of drug-likeness (QED) is 0.555. The van der Waals surface area contributed by atoms with Crippen molar-refractivity contribution in [1.82, 2.24) is 0 Å². The zero-order chi connectivity index (χ0) is 18.3. The number of carbonyl (C=O) groups excluding carboxylic acids is 1. The van der Waals surface area contributed by atoms with Crippen LogP contribution in [0.25, 0.3) is 6.08 Å². The van der Waals surface area contributed by atoms with Crippen LogP contribution in [0.1, 0.15) is 18.9 Å². The lowest BCUT2D eigenvalue weighted by Crippen LogP contribution is -2.11. The molecule has 0 saturated carbocycles. The minimum atomic E-state index is -3.75. The fourth-order valence-corrected chi connectivity index (χ4v) is 3.70. The molecule has 130 valence electrons. The van der Waals surface area contributed by atoms with Gasteiger partial charge >= 0.3 is 5.97 Å². The second-order valence-corrected chi connectivity index (χ2v) is 7.34. The maximum absolute atomic E-state index is 13.0. The maximum atomic E-state index is 13.0. The Bertz CT molecular complexity index is 866. The van der Waals surface area contributed by atoms with E-state index < -0.39 is 15.8 Å². The van der Waals surface area contributed by atoms with Crippen molar-refractivity contribution in [2.45, 2.75) is 18.2 Å². The van der Waals surface area contributed by atoms with E-state index in [0.717, 1.165) is 5.56 Å². The smallest absolute Gasteiger partial charge is 0.333 e. The molecular weight excluding hydrogens is 336 g/mol. The van der Waals surface area contributed by atoms with Crippen molar-refractivity contribution in [2.24, 2.45) is 0 Å². The Morgan fingerprint density at radius 1 is 1.04 bits per heavy atom. The molecule has 0 heterocycles. The van der Waals surface area contributed by atoms with E-state index >= 15 is 0 Å². The van der Waals surface area contributed by atoms with E-state index in [4.69, 9.17) is 4.74 Å². The Labute approximate surface area is 148 Å². The Hall–Kier alpha value is -2.66. The number of allylic oxidation sites excluding steroid dienone is 1. The molecule has 0 aromatic heterocycles. The first kappa shape index (κ1) is 18.7. The molecule has 0 spiro atoms. The second kappa shape index (κ2) is 8.44. The van der Waals surface area contributed by atoms with Gasteiger partial charge in [-0.15, -0.1) is 0 Å². The first-order valence-electron chi connectivity index (χ1n) is 7.85. The van der Waals surface area contributed by atoms with Crippen LogP contribution in [-0.4, -0.2) is 21.0 Å². The van der Waals surface area contributed by atoms with Crippen molar-refractivity contribution < 1.29 is 17.9 Å². The monoisotopic (exact) mass is 356 g/mol. The van der Waals surface area contributed by atoms with Crippen molar-refractivity contribution in [1.29, 1.82) is 0 Å². The van der Waals surface area contributed by atoms with Crippen LogP contribution in [0.5, 0.6) is 0 Å². The van der Waals surface area contributed by atoms with Crippen molar-refractivity contribution in [3.05, 3.63) is 83.3 Å². The molecule has 0 amide bonds. The molecule has 5 heteroatoms. The molecule has 0 fully saturated rings. The van der Waals surface area contributed by atoms with E-state index in [9.17, 15) is 13.2 Å². The van der Waals surface area contributed by atoms with Gasteiger partial charge in [0.1, 0.15) is 0 Å². The average molecular weight is 356 g/mol. The van der Waals surface area contributed by atoms with Gasteiger partial charge in [-0.25, -0.2) is 13.2 Å². The summed E-state index contributed by atoms with van der Waals surface area (Å²) in [5, 5.41) is 0. The zero-order valence-corrected chi connectivity index (χ0v) is 14.8. The first-order valence-corrected chi connectivity index (χ1v) is 9.34. The molecule has 0 N–H and O–H groups in total. The van der Waals surface area contributed by atoms with Crippen molar-refractivity contribution in [3.8, 4) is 0 Å². The highest BCUT2D eigenvalue weighted by Crippen LogP contribution is 2.26. The van der Waals surface area contributed by atoms with Crippen LogP contribution in [0.3, 0.4) is 0 Å². The third kappa shape index (κ3) is 4.90. The molecule has 0 unspecified atom stereocenters. The number of rotatable bonds is 7. The van der Waals surface area contributed by atoms with Gasteiger partial charge in [0, 0.05) is 12.0 Å². The summed E-state index contributed by atoms with van der Waals surface area (Å²) < 4.78 is 30.9. The molecule has 25 heavy (non-hydrogen) atoms. The summed E-state index contributed by atoms with van der Waals surface area (Å²) in [6.45, 7) is 5.58. The largest absolute Gasteiger partial charge is 0.463 e. The van der Waals surface area contributed by atoms with Crippen molar-refractivity contribution in [3.63, 3.8) is 0 Å². The number of ether oxygens (including phenoxy) is 1. The van der Waals surface area contributed by atoms with Gasteiger partial charge in [0.25, 0.3) is 0 Å². The van der Waals surface area contributed by atoms with Gasteiger partial charge in [-0.05, 0) is 30.7 Å². The summed E-state index contributed by atoms with van der Waals surface area (Å²) in [4.78, 5) is 12.1.